The predicted molar refractivity (Wildman–Crippen MR) is 108 cm³/mol. The van der Waals surface area contributed by atoms with Gasteiger partial charge in [-0.15, -0.1) is 0 Å². The standard InChI is InChI=1S/C24H36O5/c1-13-10-16-12-19(28-14(2)25)22-17-6-7-20(27)23(17,4)9-8-18(22)24(16,5)21(11-13)29-15(3)26/h13,16-19,21-22H,6-12H2,1-5H3/t13?,16?,17?,18?,19?,21?,22?,23-,24-/m0/s1. The zero-order valence-corrected chi connectivity index (χ0v) is 18.5. The molecule has 0 aromatic rings. The molecule has 0 aromatic heterocycles. The first-order chi connectivity index (χ1) is 13.6. The molecule has 4 fully saturated rings. The number of rotatable bonds is 2. The van der Waals surface area contributed by atoms with Gasteiger partial charge >= 0.3 is 11.9 Å². The quantitative estimate of drug-likeness (QED) is 0.641. The molecule has 4 aliphatic rings. The maximum absolute atomic E-state index is 12.8. The van der Waals surface area contributed by atoms with Crippen molar-refractivity contribution in [2.24, 2.45) is 40.4 Å². The first-order valence-electron chi connectivity index (χ1n) is 11.4. The first kappa shape index (κ1) is 20.9. The van der Waals surface area contributed by atoms with E-state index in [0.717, 1.165) is 38.5 Å². The van der Waals surface area contributed by atoms with E-state index in [2.05, 4.69) is 20.8 Å². The number of Topliss-reactive ketones (excluding diaryl/α,β-unsaturated/α-hetero) is 1. The zero-order chi connectivity index (χ0) is 21.1. The Morgan fingerprint density at radius 1 is 0.966 bits per heavy atom. The summed E-state index contributed by atoms with van der Waals surface area (Å²) in [7, 11) is 0. The van der Waals surface area contributed by atoms with Crippen molar-refractivity contribution >= 4 is 17.7 Å². The van der Waals surface area contributed by atoms with Gasteiger partial charge in [0.05, 0.1) is 0 Å². The lowest BCUT2D eigenvalue weighted by molar-refractivity contribution is -0.219. The second-order valence-electron chi connectivity index (χ2n) is 10.8. The summed E-state index contributed by atoms with van der Waals surface area (Å²) in [5, 5.41) is 0. The molecule has 5 heteroatoms. The summed E-state index contributed by atoms with van der Waals surface area (Å²) >= 11 is 0. The number of ether oxygens (including phenoxy) is 2. The third-order valence-corrected chi connectivity index (χ3v) is 9.29. The average molecular weight is 405 g/mol. The van der Waals surface area contributed by atoms with Crippen LogP contribution in [0.15, 0.2) is 0 Å². The topological polar surface area (TPSA) is 69.7 Å². The molecule has 0 aliphatic heterocycles. The number of fused-ring (bicyclic) bond motifs is 5. The fourth-order valence-electron chi connectivity index (χ4n) is 7.97. The van der Waals surface area contributed by atoms with Gasteiger partial charge in [0.2, 0.25) is 0 Å². The molecular formula is C24H36O5. The van der Waals surface area contributed by atoms with Crippen LogP contribution in [0.3, 0.4) is 0 Å². The molecule has 29 heavy (non-hydrogen) atoms. The Hall–Kier alpha value is -1.39. The largest absolute Gasteiger partial charge is 0.462 e. The van der Waals surface area contributed by atoms with Crippen molar-refractivity contribution < 1.29 is 23.9 Å². The lowest BCUT2D eigenvalue weighted by atomic mass is 9.43. The zero-order valence-electron chi connectivity index (χ0n) is 18.5. The monoisotopic (exact) mass is 404 g/mol. The van der Waals surface area contributed by atoms with Gasteiger partial charge in [0.15, 0.2) is 0 Å². The van der Waals surface area contributed by atoms with E-state index in [-0.39, 0.29) is 46.8 Å². The molecule has 4 rings (SSSR count). The second-order valence-corrected chi connectivity index (χ2v) is 10.8. The lowest BCUT2D eigenvalue weighted by Gasteiger charge is -2.63. The highest BCUT2D eigenvalue weighted by molar-refractivity contribution is 5.87. The predicted octanol–water partition coefficient (Wildman–Crippen LogP) is 4.32. The van der Waals surface area contributed by atoms with Crippen LogP contribution in [0, 0.1) is 40.4 Å². The molecule has 7 unspecified atom stereocenters. The van der Waals surface area contributed by atoms with Crippen LogP contribution < -0.4 is 0 Å². The van der Waals surface area contributed by atoms with Gasteiger partial charge < -0.3 is 9.47 Å². The normalized spacial score (nSPS) is 48.9. The maximum atomic E-state index is 12.8. The molecule has 0 amide bonds. The molecule has 5 nitrogen and oxygen atoms in total. The lowest BCUT2D eigenvalue weighted by Crippen LogP contribution is -2.63. The van der Waals surface area contributed by atoms with E-state index in [0.29, 0.717) is 30.0 Å². The molecule has 4 aliphatic carbocycles. The van der Waals surface area contributed by atoms with E-state index in [1.807, 2.05) is 0 Å². The maximum Gasteiger partial charge on any atom is 0.302 e. The molecule has 4 saturated carbocycles. The molecule has 9 atom stereocenters. The highest BCUT2D eigenvalue weighted by atomic mass is 16.5. The van der Waals surface area contributed by atoms with Crippen LogP contribution in [0.4, 0.5) is 0 Å². The summed E-state index contributed by atoms with van der Waals surface area (Å²) in [4.78, 5) is 36.7. The SMILES string of the molecule is CC(=O)OC1CC2CC(C)CC(OC(C)=O)[C@]2(C)C2CC[C@]3(C)C(=O)CCC3C12. The summed E-state index contributed by atoms with van der Waals surface area (Å²) in [6, 6.07) is 0. The third-order valence-electron chi connectivity index (χ3n) is 9.29. The van der Waals surface area contributed by atoms with E-state index in [1.54, 1.807) is 0 Å². The summed E-state index contributed by atoms with van der Waals surface area (Å²) in [5.74, 6) is 1.53. The average Bonchev–Trinajstić information content (AvgIpc) is 2.91. The second kappa shape index (κ2) is 7.09. The third kappa shape index (κ3) is 3.14. The van der Waals surface area contributed by atoms with Crippen LogP contribution in [0.2, 0.25) is 0 Å². The van der Waals surface area contributed by atoms with Gasteiger partial charge in [0.1, 0.15) is 18.0 Å². The van der Waals surface area contributed by atoms with Gasteiger partial charge in [0, 0.05) is 37.0 Å². The van der Waals surface area contributed by atoms with E-state index in [9.17, 15) is 14.4 Å². The van der Waals surface area contributed by atoms with Crippen LogP contribution in [0.25, 0.3) is 0 Å². The summed E-state index contributed by atoms with van der Waals surface area (Å²) in [5.41, 5.74) is -0.409. The number of esters is 2. The highest BCUT2D eigenvalue weighted by Crippen LogP contribution is 2.66. The summed E-state index contributed by atoms with van der Waals surface area (Å²) < 4.78 is 11.9. The molecular weight excluding hydrogens is 368 g/mol. The Labute approximate surface area is 174 Å². The minimum absolute atomic E-state index is 0.0963. The summed E-state index contributed by atoms with van der Waals surface area (Å²) in [6.07, 6.45) is 5.95. The molecule has 0 heterocycles. The van der Waals surface area contributed by atoms with Crippen molar-refractivity contribution in [1.29, 1.82) is 0 Å². The van der Waals surface area contributed by atoms with Crippen LogP contribution in [-0.2, 0) is 23.9 Å². The van der Waals surface area contributed by atoms with Crippen LogP contribution in [0.1, 0.15) is 79.6 Å². The molecule has 0 spiro atoms. The highest BCUT2D eigenvalue weighted by Gasteiger charge is 2.66. The van der Waals surface area contributed by atoms with Crippen molar-refractivity contribution in [2.45, 2.75) is 91.8 Å². The van der Waals surface area contributed by atoms with E-state index < -0.39 is 0 Å². The van der Waals surface area contributed by atoms with Gasteiger partial charge in [-0.05, 0) is 62.2 Å². The van der Waals surface area contributed by atoms with Gasteiger partial charge in [-0.2, -0.15) is 0 Å². The van der Waals surface area contributed by atoms with Crippen molar-refractivity contribution in [3.8, 4) is 0 Å². The van der Waals surface area contributed by atoms with Crippen LogP contribution >= 0.6 is 0 Å². The molecule has 0 N–H and O–H groups in total. The van der Waals surface area contributed by atoms with Crippen molar-refractivity contribution in [3.63, 3.8) is 0 Å². The van der Waals surface area contributed by atoms with Crippen molar-refractivity contribution in [3.05, 3.63) is 0 Å². The Balaban J connectivity index is 1.76. The van der Waals surface area contributed by atoms with Gasteiger partial charge in [0.25, 0.3) is 0 Å². The van der Waals surface area contributed by atoms with Crippen molar-refractivity contribution in [1.82, 2.24) is 0 Å². The minimum atomic E-state index is -0.290. The fourth-order valence-corrected chi connectivity index (χ4v) is 7.97. The van der Waals surface area contributed by atoms with Gasteiger partial charge in [-0.1, -0.05) is 20.8 Å². The number of carbonyl (C=O) groups is 3. The molecule has 0 saturated heterocycles. The fraction of sp³-hybridized carbons (Fsp3) is 0.875. The number of carbonyl (C=O) groups excluding carboxylic acids is 3. The smallest absolute Gasteiger partial charge is 0.302 e. The number of hydrogen-bond donors (Lipinski definition) is 0. The van der Waals surface area contributed by atoms with E-state index >= 15 is 0 Å². The van der Waals surface area contributed by atoms with Gasteiger partial charge in [-0.25, -0.2) is 0 Å². The van der Waals surface area contributed by atoms with E-state index in [1.165, 1.54) is 13.8 Å². The van der Waals surface area contributed by atoms with Crippen LogP contribution in [-0.4, -0.2) is 29.9 Å². The summed E-state index contributed by atoms with van der Waals surface area (Å²) in [6.45, 7) is 9.69. The minimum Gasteiger partial charge on any atom is -0.462 e. The molecule has 162 valence electrons. The Morgan fingerprint density at radius 3 is 2.31 bits per heavy atom. The molecule has 0 aromatic carbocycles. The Kier molecular flexibility index (Phi) is 5.10. The Bertz CT molecular complexity index is 716. The van der Waals surface area contributed by atoms with Gasteiger partial charge in [-0.3, -0.25) is 14.4 Å². The molecule has 0 bridgehead atoms. The van der Waals surface area contributed by atoms with E-state index in [4.69, 9.17) is 9.47 Å². The van der Waals surface area contributed by atoms with Crippen LogP contribution in [0.5, 0.6) is 0 Å². The first-order valence-corrected chi connectivity index (χ1v) is 11.4. The van der Waals surface area contributed by atoms with Crippen molar-refractivity contribution in [2.75, 3.05) is 0 Å². The Morgan fingerprint density at radius 2 is 1.66 bits per heavy atom. The number of hydrogen-bond acceptors (Lipinski definition) is 5. The number of ketones is 1. The molecule has 0 radical (unpaired) electrons.